The predicted molar refractivity (Wildman–Crippen MR) is 536 cm³/mol. The molecule has 4 nitrogen and oxygen atoms in total. The maximum atomic E-state index is 2.41. The SMILES string of the molecule is c1ccc(-c2ccc(N(c3ccccc3)c3ccc(-c4ccc5c(c4)c4ccccc4c4c6ccc(N(c7ccccc7)c7cccc8ccccc78)cc6sc54)cc3)cc2)cc1.c1ccc(N(c2ccc(-c3ccc4c(c3)sc3c5ccc(N(c6ccccc6)c6cccc7ccccc67)cc5c5ccccc5c43)cc2)c2cccc3ccccc23)cc1. The van der Waals surface area contributed by atoms with Crippen molar-refractivity contribution >= 4 is 207 Å². The van der Waals surface area contributed by atoms with Gasteiger partial charge in [0.05, 0.1) is 17.1 Å². The molecule has 24 rings (SSSR count). The van der Waals surface area contributed by atoms with Crippen LogP contribution in [0.5, 0.6) is 0 Å². The van der Waals surface area contributed by atoms with Gasteiger partial charge in [-0.25, -0.2) is 0 Å². The summed E-state index contributed by atoms with van der Waals surface area (Å²) in [5.74, 6) is 0. The van der Waals surface area contributed by atoms with Crippen LogP contribution in [-0.4, -0.2) is 0 Å². The minimum atomic E-state index is 1.11. The summed E-state index contributed by atoms with van der Waals surface area (Å²) in [6, 6.07) is 172. The molecule has 0 spiro atoms. The van der Waals surface area contributed by atoms with Crippen LogP contribution in [-0.2, 0) is 0 Å². The topological polar surface area (TPSA) is 13.0 Å². The molecule has 0 aliphatic rings. The third kappa shape index (κ3) is 13.2. The van der Waals surface area contributed by atoms with E-state index in [1.807, 2.05) is 22.7 Å². The number of benzene rings is 22. The Balaban J connectivity index is 0.000000143. The van der Waals surface area contributed by atoms with Crippen molar-refractivity contribution in [2.75, 3.05) is 19.6 Å². The summed E-state index contributed by atoms with van der Waals surface area (Å²) < 4.78 is 5.22. The van der Waals surface area contributed by atoms with Crippen LogP contribution in [0.1, 0.15) is 0 Å². The van der Waals surface area contributed by atoms with Crippen LogP contribution in [0.3, 0.4) is 0 Å². The van der Waals surface area contributed by atoms with E-state index in [-0.39, 0.29) is 0 Å². The largest absolute Gasteiger partial charge is 0.311 e. The third-order valence-electron chi connectivity index (χ3n) is 24.6. The average Bonchev–Trinajstić information content (AvgIpc) is 1.54. The van der Waals surface area contributed by atoms with Gasteiger partial charge in [0, 0.05) is 118 Å². The number of thiophene rings is 2. The van der Waals surface area contributed by atoms with Crippen LogP contribution in [0.25, 0.3) is 149 Å². The van der Waals surface area contributed by atoms with Gasteiger partial charge in [-0.2, -0.15) is 0 Å². The van der Waals surface area contributed by atoms with Crippen molar-refractivity contribution in [3.8, 4) is 33.4 Å². The van der Waals surface area contributed by atoms with Gasteiger partial charge >= 0.3 is 0 Å². The van der Waals surface area contributed by atoms with Gasteiger partial charge in [-0.05, 0) is 221 Å². The average molecular weight is 1620 g/mol. The zero-order valence-corrected chi connectivity index (χ0v) is 69.3. The van der Waals surface area contributed by atoms with Crippen molar-refractivity contribution < 1.29 is 0 Å². The Labute approximate surface area is 727 Å². The molecule has 2 aromatic heterocycles. The first-order chi connectivity index (χ1) is 61.5. The lowest BCUT2D eigenvalue weighted by atomic mass is 9.94. The van der Waals surface area contributed by atoms with E-state index >= 15 is 0 Å². The summed E-state index contributed by atoms with van der Waals surface area (Å²) in [4.78, 5) is 9.51. The first-order valence-corrected chi connectivity index (χ1v) is 44.0. The minimum absolute atomic E-state index is 1.11. The van der Waals surface area contributed by atoms with E-state index in [0.29, 0.717) is 0 Å². The van der Waals surface area contributed by atoms with Crippen LogP contribution < -0.4 is 19.6 Å². The van der Waals surface area contributed by atoms with E-state index in [0.717, 1.165) is 62.6 Å². The molecule has 6 heteroatoms. The van der Waals surface area contributed by atoms with Crippen molar-refractivity contribution in [3.05, 3.63) is 473 Å². The number of rotatable bonds is 15. The van der Waals surface area contributed by atoms with Gasteiger partial charge in [0.1, 0.15) is 0 Å². The van der Waals surface area contributed by atoms with Crippen molar-refractivity contribution in [2.45, 2.75) is 0 Å². The fraction of sp³-hybridized carbons (Fsp3) is 0. The number of fused-ring (bicyclic) bond motifs is 19. The summed E-state index contributed by atoms with van der Waals surface area (Å²) in [7, 11) is 0. The van der Waals surface area contributed by atoms with Gasteiger partial charge in [0.15, 0.2) is 0 Å². The molecule has 2 heterocycles. The predicted octanol–water partition coefficient (Wildman–Crippen LogP) is 35.1. The second-order valence-electron chi connectivity index (χ2n) is 31.8. The lowest BCUT2D eigenvalue weighted by Crippen LogP contribution is -2.10. The van der Waals surface area contributed by atoms with E-state index in [2.05, 4.69) is 493 Å². The molecule has 0 atom stereocenters. The molecule has 0 saturated carbocycles. The van der Waals surface area contributed by atoms with Crippen LogP contribution in [0, 0.1) is 0 Å². The maximum Gasteiger partial charge on any atom is 0.0540 e. The molecule has 0 fully saturated rings. The molecule has 0 unspecified atom stereocenters. The molecule has 0 saturated heterocycles. The second kappa shape index (κ2) is 31.5. The van der Waals surface area contributed by atoms with E-state index < -0.39 is 0 Å². The van der Waals surface area contributed by atoms with Gasteiger partial charge < -0.3 is 19.6 Å². The quantitative estimate of drug-likeness (QED) is 0.0949. The van der Waals surface area contributed by atoms with E-state index in [4.69, 9.17) is 0 Å². The molecule has 0 bridgehead atoms. The van der Waals surface area contributed by atoms with Crippen LogP contribution in [0.4, 0.5) is 68.2 Å². The number of hydrogen-bond acceptors (Lipinski definition) is 6. The van der Waals surface area contributed by atoms with Crippen LogP contribution in [0.2, 0.25) is 0 Å². The fourth-order valence-corrected chi connectivity index (χ4v) is 21.4. The highest BCUT2D eigenvalue weighted by molar-refractivity contribution is 7.27. The molecule has 0 radical (unpaired) electrons. The molecular weight excluding hydrogens is 1540 g/mol. The van der Waals surface area contributed by atoms with Gasteiger partial charge in [-0.1, -0.05) is 334 Å². The minimum Gasteiger partial charge on any atom is -0.311 e. The monoisotopic (exact) mass is 1610 g/mol. The van der Waals surface area contributed by atoms with Gasteiger partial charge in [0.2, 0.25) is 0 Å². The van der Waals surface area contributed by atoms with E-state index in [1.165, 1.54) is 155 Å². The molecule has 0 aliphatic heterocycles. The summed E-state index contributed by atoms with van der Waals surface area (Å²) >= 11 is 3.81. The Morgan fingerprint density at radius 3 is 0.839 bits per heavy atom. The number of para-hydroxylation sites is 4. The maximum absolute atomic E-state index is 2.41. The normalized spacial score (nSPS) is 11.5. The van der Waals surface area contributed by atoms with Gasteiger partial charge in [-0.3, -0.25) is 0 Å². The molecule has 0 N–H and O–H groups in total. The van der Waals surface area contributed by atoms with Crippen molar-refractivity contribution in [3.63, 3.8) is 0 Å². The standard InChI is InChI=1S/C60H40N2S.C58H38N2S/c1-4-15-41(16-5-1)42-27-32-48(33-28-42)61(46-19-6-2-7-20-46)49-34-29-43(30-35-49)45-31-37-54-56(39-45)52-24-12-13-25-53(52)59-55-38-36-50(40-58(55)63-60(54)59)62(47-21-8-3-9-22-47)57-26-14-18-44-17-10-11-23-51(44)57;1-3-19-43(20-4-1)59(54-27-13-17-40-15-7-9-23-47(40)54)45-32-29-39(30-33-45)42-31-35-52-56(37-42)61-58-51-36-34-46(38-53(51)49-25-11-12-26-50(49)57(52)58)60(44-21-5-2-6-22-44)55-28-14-18-41-16-8-10-24-48(41)55/h1-40H;1-38H. The van der Waals surface area contributed by atoms with E-state index in [9.17, 15) is 0 Å². The molecule has 124 heavy (non-hydrogen) atoms. The highest BCUT2D eigenvalue weighted by atomic mass is 32.1. The highest BCUT2D eigenvalue weighted by Crippen LogP contribution is 2.52. The molecule has 582 valence electrons. The lowest BCUT2D eigenvalue weighted by Gasteiger charge is -2.27. The Kier molecular flexibility index (Phi) is 18.6. The summed E-state index contributed by atoms with van der Waals surface area (Å²) in [5.41, 5.74) is 20.9. The second-order valence-corrected chi connectivity index (χ2v) is 33.9. The first kappa shape index (κ1) is 73.4. The Morgan fingerprint density at radius 1 is 0.137 bits per heavy atom. The molecule has 0 aliphatic carbocycles. The zero-order valence-electron chi connectivity index (χ0n) is 67.6. The molecule has 24 aromatic rings. The molecular formula is C118H78N4S2. The summed E-state index contributed by atoms with van der Waals surface area (Å²) in [6.45, 7) is 0. The Hall–Kier alpha value is -15.7. The molecule has 22 aromatic carbocycles. The third-order valence-corrected chi connectivity index (χ3v) is 27.0. The first-order valence-electron chi connectivity index (χ1n) is 42.3. The fourth-order valence-electron chi connectivity index (χ4n) is 18.8. The number of anilines is 12. The summed E-state index contributed by atoms with van der Waals surface area (Å²) in [6.07, 6.45) is 0. The Bertz CT molecular complexity index is 8140. The Morgan fingerprint density at radius 2 is 0.403 bits per heavy atom. The van der Waals surface area contributed by atoms with Gasteiger partial charge in [-0.15, -0.1) is 22.7 Å². The lowest BCUT2D eigenvalue weighted by molar-refractivity contribution is 1.28. The molecule has 0 amide bonds. The highest BCUT2D eigenvalue weighted by Gasteiger charge is 2.25. The van der Waals surface area contributed by atoms with Crippen LogP contribution >= 0.6 is 22.7 Å². The van der Waals surface area contributed by atoms with E-state index in [1.54, 1.807) is 0 Å². The van der Waals surface area contributed by atoms with Crippen molar-refractivity contribution in [1.82, 2.24) is 0 Å². The summed E-state index contributed by atoms with van der Waals surface area (Å²) in [5, 5.41) is 22.8. The van der Waals surface area contributed by atoms with Crippen molar-refractivity contribution in [1.29, 1.82) is 0 Å². The van der Waals surface area contributed by atoms with Gasteiger partial charge in [0.25, 0.3) is 0 Å². The van der Waals surface area contributed by atoms with Crippen LogP contribution in [0.15, 0.2) is 473 Å². The van der Waals surface area contributed by atoms with Crippen molar-refractivity contribution in [2.24, 2.45) is 0 Å². The zero-order chi connectivity index (χ0) is 82.0. The number of hydrogen-bond donors (Lipinski definition) is 0. The number of nitrogens with zero attached hydrogens (tertiary/aromatic N) is 4. The smallest absolute Gasteiger partial charge is 0.0540 e.